The standard InChI is InChI=1S/C23H18BrNO5/c1-13-3-12-18(30-13)20-19(21(26)14-4-6-15(24)7-5-14)22(27)23(28)25(20)16-8-10-17(29-2)11-9-16/h3-12,20,26H,1-2H3/b21-19-. The lowest BCUT2D eigenvalue weighted by molar-refractivity contribution is -0.132. The second-order valence-corrected chi connectivity index (χ2v) is 7.74. The molecule has 1 atom stereocenters. The van der Waals surface area contributed by atoms with Crippen molar-refractivity contribution < 1.29 is 23.8 Å². The number of ketones is 1. The summed E-state index contributed by atoms with van der Waals surface area (Å²) in [5.41, 5.74) is 0.901. The molecule has 1 aliphatic rings. The van der Waals surface area contributed by atoms with E-state index in [2.05, 4.69) is 15.9 Å². The van der Waals surface area contributed by atoms with Crippen LogP contribution in [0.4, 0.5) is 5.69 Å². The summed E-state index contributed by atoms with van der Waals surface area (Å²) in [6, 6.07) is 16.2. The van der Waals surface area contributed by atoms with Crippen LogP contribution in [0, 0.1) is 6.92 Å². The average molecular weight is 468 g/mol. The molecule has 0 bridgehead atoms. The Morgan fingerprint density at radius 2 is 1.70 bits per heavy atom. The van der Waals surface area contributed by atoms with Crippen LogP contribution < -0.4 is 9.64 Å². The molecule has 3 aromatic rings. The van der Waals surface area contributed by atoms with Gasteiger partial charge in [0.15, 0.2) is 0 Å². The van der Waals surface area contributed by atoms with Gasteiger partial charge in [0.25, 0.3) is 11.7 Å². The van der Waals surface area contributed by atoms with Crippen LogP contribution in [-0.2, 0) is 9.59 Å². The number of benzene rings is 2. The van der Waals surface area contributed by atoms with Gasteiger partial charge in [-0.15, -0.1) is 0 Å². The Morgan fingerprint density at radius 3 is 2.27 bits per heavy atom. The van der Waals surface area contributed by atoms with Crippen LogP contribution in [0.5, 0.6) is 5.75 Å². The van der Waals surface area contributed by atoms with E-state index in [0.29, 0.717) is 28.5 Å². The fourth-order valence-corrected chi connectivity index (χ4v) is 3.74. The first-order valence-electron chi connectivity index (χ1n) is 9.18. The van der Waals surface area contributed by atoms with Crippen molar-refractivity contribution in [3.05, 3.63) is 87.8 Å². The van der Waals surface area contributed by atoms with Gasteiger partial charge in [-0.05, 0) is 55.5 Å². The highest BCUT2D eigenvalue weighted by Gasteiger charge is 2.48. The molecule has 1 unspecified atom stereocenters. The van der Waals surface area contributed by atoms with Crippen molar-refractivity contribution in [3.8, 4) is 5.75 Å². The van der Waals surface area contributed by atoms with E-state index in [0.717, 1.165) is 4.47 Å². The summed E-state index contributed by atoms with van der Waals surface area (Å²) in [5, 5.41) is 11.0. The summed E-state index contributed by atoms with van der Waals surface area (Å²) in [7, 11) is 1.55. The van der Waals surface area contributed by atoms with Crippen molar-refractivity contribution in [2.24, 2.45) is 0 Å². The molecular weight excluding hydrogens is 450 g/mol. The topological polar surface area (TPSA) is 80.0 Å². The molecule has 4 rings (SSSR count). The van der Waals surface area contributed by atoms with Crippen LogP contribution in [0.1, 0.15) is 23.1 Å². The normalized spacial score (nSPS) is 18.1. The van der Waals surface area contributed by atoms with Gasteiger partial charge in [-0.25, -0.2) is 0 Å². The Morgan fingerprint density at radius 1 is 1.03 bits per heavy atom. The molecule has 1 fully saturated rings. The number of halogens is 1. The van der Waals surface area contributed by atoms with Crippen LogP contribution >= 0.6 is 15.9 Å². The molecular formula is C23H18BrNO5. The number of rotatable bonds is 4. The van der Waals surface area contributed by atoms with Crippen LogP contribution in [0.25, 0.3) is 5.76 Å². The maximum absolute atomic E-state index is 13.0. The summed E-state index contributed by atoms with van der Waals surface area (Å²) >= 11 is 3.35. The number of nitrogens with zero attached hydrogens (tertiary/aromatic N) is 1. The number of furan rings is 1. The Bertz CT molecular complexity index is 1150. The number of anilines is 1. The minimum Gasteiger partial charge on any atom is -0.507 e. The highest BCUT2D eigenvalue weighted by Crippen LogP contribution is 2.43. The molecule has 152 valence electrons. The zero-order valence-corrected chi connectivity index (χ0v) is 17.8. The first kappa shape index (κ1) is 20.0. The number of amides is 1. The summed E-state index contributed by atoms with van der Waals surface area (Å²) in [5.74, 6) is -0.121. The van der Waals surface area contributed by atoms with Crippen LogP contribution in [0.2, 0.25) is 0 Å². The molecule has 0 saturated carbocycles. The van der Waals surface area contributed by atoms with E-state index in [-0.39, 0.29) is 11.3 Å². The monoisotopic (exact) mass is 467 g/mol. The number of hydrogen-bond donors (Lipinski definition) is 1. The highest BCUT2D eigenvalue weighted by atomic mass is 79.9. The molecule has 0 aliphatic carbocycles. The van der Waals surface area contributed by atoms with Crippen molar-refractivity contribution in [2.75, 3.05) is 12.0 Å². The van der Waals surface area contributed by atoms with E-state index in [1.807, 2.05) is 0 Å². The molecule has 2 heterocycles. The number of Topliss-reactive ketones (excluding diaryl/α,β-unsaturated/α-hetero) is 1. The lowest BCUT2D eigenvalue weighted by Crippen LogP contribution is -2.29. The number of carbonyl (C=O) groups is 2. The fraction of sp³-hybridized carbons (Fsp3) is 0.130. The number of aryl methyl sites for hydroxylation is 1. The van der Waals surface area contributed by atoms with Crippen molar-refractivity contribution in [3.63, 3.8) is 0 Å². The van der Waals surface area contributed by atoms with Crippen molar-refractivity contribution >= 4 is 39.1 Å². The number of ether oxygens (including phenoxy) is 1. The molecule has 1 saturated heterocycles. The van der Waals surface area contributed by atoms with E-state index in [9.17, 15) is 14.7 Å². The molecule has 0 radical (unpaired) electrons. The molecule has 2 aromatic carbocycles. The van der Waals surface area contributed by atoms with Gasteiger partial charge in [-0.1, -0.05) is 28.1 Å². The van der Waals surface area contributed by atoms with Crippen molar-refractivity contribution in [2.45, 2.75) is 13.0 Å². The van der Waals surface area contributed by atoms with Crippen LogP contribution in [-0.4, -0.2) is 23.9 Å². The van der Waals surface area contributed by atoms with E-state index in [4.69, 9.17) is 9.15 Å². The third-order valence-corrected chi connectivity index (χ3v) is 5.47. The van der Waals surface area contributed by atoms with Crippen molar-refractivity contribution in [1.82, 2.24) is 0 Å². The SMILES string of the molecule is COc1ccc(N2C(=O)C(=O)/C(=C(\O)c3ccc(Br)cc3)C2c2ccc(C)o2)cc1. The molecule has 1 aromatic heterocycles. The van der Waals surface area contributed by atoms with E-state index in [1.165, 1.54) is 4.90 Å². The third-order valence-electron chi connectivity index (χ3n) is 4.94. The molecule has 30 heavy (non-hydrogen) atoms. The van der Waals surface area contributed by atoms with E-state index in [1.54, 1.807) is 74.7 Å². The van der Waals surface area contributed by atoms with Crippen molar-refractivity contribution in [1.29, 1.82) is 0 Å². The van der Waals surface area contributed by atoms with Gasteiger partial charge in [0.05, 0.1) is 12.7 Å². The predicted molar refractivity (Wildman–Crippen MR) is 115 cm³/mol. The average Bonchev–Trinajstić information content (AvgIpc) is 3.29. The third kappa shape index (κ3) is 3.41. The first-order chi connectivity index (χ1) is 14.4. The van der Waals surface area contributed by atoms with Gasteiger partial charge >= 0.3 is 0 Å². The number of methoxy groups -OCH3 is 1. The summed E-state index contributed by atoms with van der Waals surface area (Å²) < 4.78 is 11.8. The Kier molecular flexibility index (Phi) is 5.22. The molecule has 7 heteroatoms. The zero-order chi connectivity index (χ0) is 21.4. The lowest BCUT2D eigenvalue weighted by atomic mass is 9.99. The lowest BCUT2D eigenvalue weighted by Gasteiger charge is -2.23. The van der Waals surface area contributed by atoms with Gasteiger partial charge in [-0.3, -0.25) is 14.5 Å². The fourth-order valence-electron chi connectivity index (χ4n) is 3.47. The number of aliphatic hydroxyl groups excluding tert-OH is 1. The maximum atomic E-state index is 13.0. The van der Waals surface area contributed by atoms with Gasteiger partial charge in [0.2, 0.25) is 0 Å². The smallest absolute Gasteiger partial charge is 0.300 e. The zero-order valence-electron chi connectivity index (χ0n) is 16.3. The quantitative estimate of drug-likeness (QED) is 0.332. The maximum Gasteiger partial charge on any atom is 0.300 e. The highest BCUT2D eigenvalue weighted by molar-refractivity contribution is 9.10. The van der Waals surface area contributed by atoms with Gasteiger partial charge < -0.3 is 14.3 Å². The molecule has 0 spiro atoms. The number of aliphatic hydroxyl groups is 1. The minimum absolute atomic E-state index is 0.0208. The largest absolute Gasteiger partial charge is 0.507 e. The molecule has 6 nitrogen and oxygen atoms in total. The van der Waals surface area contributed by atoms with E-state index >= 15 is 0 Å². The van der Waals surface area contributed by atoms with Gasteiger partial charge in [0, 0.05) is 15.7 Å². The van der Waals surface area contributed by atoms with Crippen LogP contribution in [0.3, 0.4) is 0 Å². The number of hydrogen-bond acceptors (Lipinski definition) is 5. The Labute approximate surface area is 181 Å². The first-order valence-corrected chi connectivity index (χ1v) is 9.97. The van der Waals surface area contributed by atoms with Crippen LogP contribution in [0.15, 0.2) is 75.1 Å². The Balaban J connectivity index is 1.90. The Hall–Kier alpha value is -3.32. The summed E-state index contributed by atoms with van der Waals surface area (Å²) in [6.07, 6.45) is 0. The second-order valence-electron chi connectivity index (χ2n) is 6.82. The second kappa shape index (κ2) is 7.84. The summed E-state index contributed by atoms with van der Waals surface area (Å²) in [4.78, 5) is 27.3. The minimum atomic E-state index is -0.893. The van der Waals surface area contributed by atoms with Gasteiger partial charge in [-0.2, -0.15) is 0 Å². The summed E-state index contributed by atoms with van der Waals surface area (Å²) in [6.45, 7) is 1.78. The van der Waals surface area contributed by atoms with E-state index < -0.39 is 17.7 Å². The molecule has 1 N–H and O–H groups in total. The molecule has 1 amide bonds. The molecule has 1 aliphatic heterocycles. The van der Waals surface area contributed by atoms with Gasteiger partial charge in [0.1, 0.15) is 29.1 Å². The predicted octanol–water partition coefficient (Wildman–Crippen LogP) is 4.99. The number of carbonyl (C=O) groups excluding carboxylic acids is 2.